The summed E-state index contributed by atoms with van der Waals surface area (Å²) < 4.78 is 6.07. The summed E-state index contributed by atoms with van der Waals surface area (Å²) in [6.45, 7) is -0.667. The van der Waals surface area contributed by atoms with Crippen molar-refractivity contribution >= 4 is 28.6 Å². The van der Waals surface area contributed by atoms with Crippen molar-refractivity contribution in [1.82, 2.24) is 20.0 Å². The highest BCUT2D eigenvalue weighted by Crippen LogP contribution is 2.13. The Hall–Kier alpha value is -3.23. The van der Waals surface area contributed by atoms with Crippen LogP contribution in [0, 0.1) is 0 Å². The summed E-state index contributed by atoms with van der Waals surface area (Å²) in [5.41, 5.74) is 0.124. The van der Waals surface area contributed by atoms with E-state index in [1.807, 2.05) is 0 Å². The van der Waals surface area contributed by atoms with Crippen LogP contribution >= 0.6 is 0 Å². The Bertz CT molecular complexity index is 904. The van der Waals surface area contributed by atoms with Crippen molar-refractivity contribution in [2.75, 3.05) is 27.2 Å². The number of hydrogen-bond donors (Lipinski definition) is 1. The lowest BCUT2D eigenvalue weighted by molar-refractivity contribution is -0.148. The van der Waals surface area contributed by atoms with Crippen molar-refractivity contribution in [3.8, 4) is 0 Å². The molecule has 0 radical (unpaired) electrons. The van der Waals surface area contributed by atoms with Crippen molar-refractivity contribution in [3.05, 3.63) is 40.3 Å². The fourth-order valence-electron chi connectivity index (χ4n) is 2.22. The summed E-state index contributed by atoms with van der Waals surface area (Å²) >= 11 is 0. The van der Waals surface area contributed by atoms with Gasteiger partial charge in [0.2, 0.25) is 5.91 Å². The number of nitrogens with zero attached hydrogens (tertiary/aromatic N) is 3. The van der Waals surface area contributed by atoms with Crippen LogP contribution in [0.1, 0.15) is 5.69 Å². The highest BCUT2D eigenvalue weighted by atomic mass is 16.5. The molecular weight excluding hydrogens is 340 g/mol. The van der Waals surface area contributed by atoms with Crippen molar-refractivity contribution in [1.29, 1.82) is 0 Å². The number of nitrogens with one attached hydrogen (secondary N) is 1. The van der Waals surface area contributed by atoms with Crippen LogP contribution < -0.4 is 10.9 Å². The monoisotopic (exact) mass is 360 g/mol. The van der Waals surface area contributed by atoms with E-state index in [0.29, 0.717) is 16.5 Å². The Morgan fingerprint density at radius 1 is 1.19 bits per heavy atom. The molecule has 9 heteroatoms. The van der Waals surface area contributed by atoms with Crippen LogP contribution in [0.5, 0.6) is 0 Å². The second-order valence-electron chi connectivity index (χ2n) is 5.82. The summed E-state index contributed by atoms with van der Waals surface area (Å²) in [6.07, 6.45) is -0.182. The molecule has 1 heterocycles. The first-order chi connectivity index (χ1) is 12.3. The number of rotatable bonds is 6. The molecule has 0 bridgehead atoms. The molecule has 0 fully saturated rings. The number of hydrogen-bond acceptors (Lipinski definition) is 6. The van der Waals surface area contributed by atoms with Crippen molar-refractivity contribution in [3.63, 3.8) is 0 Å². The lowest BCUT2D eigenvalue weighted by Crippen LogP contribution is -2.38. The largest absolute Gasteiger partial charge is 0.455 e. The number of benzene rings is 1. The molecule has 0 saturated carbocycles. The van der Waals surface area contributed by atoms with Gasteiger partial charge in [-0.2, -0.15) is 5.10 Å². The maximum atomic E-state index is 12.1. The minimum absolute atomic E-state index is 0.170. The predicted octanol–water partition coefficient (Wildman–Crippen LogP) is -0.776. The van der Waals surface area contributed by atoms with E-state index in [2.05, 4.69) is 10.4 Å². The Balaban J connectivity index is 1.97. The molecule has 1 aromatic heterocycles. The second-order valence-corrected chi connectivity index (χ2v) is 5.82. The topological polar surface area (TPSA) is 111 Å². The molecule has 2 rings (SSSR count). The molecule has 138 valence electrons. The van der Waals surface area contributed by atoms with Gasteiger partial charge in [0.05, 0.1) is 24.0 Å². The second kappa shape index (κ2) is 8.24. The first kappa shape index (κ1) is 19.1. The molecule has 0 saturated heterocycles. The van der Waals surface area contributed by atoms with E-state index in [4.69, 9.17) is 4.74 Å². The average molecular weight is 360 g/mol. The number of ether oxygens (including phenoxy) is 1. The minimum atomic E-state index is -0.657. The van der Waals surface area contributed by atoms with E-state index >= 15 is 0 Å². The molecule has 1 aromatic carbocycles. The molecule has 0 spiro atoms. The average Bonchev–Trinajstić information content (AvgIpc) is 2.62. The van der Waals surface area contributed by atoms with Crippen molar-refractivity contribution in [2.45, 2.75) is 6.42 Å². The standard InChI is InChI=1S/C17H20N4O5/c1-20(2)15(23)9-18-14(22)10-26-16(24)8-13-11-6-4-5-7-12(11)17(25)21(3)19-13/h4-7H,8-10H2,1-3H3,(H,18,22). The molecule has 0 aliphatic carbocycles. The first-order valence-electron chi connectivity index (χ1n) is 7.87. The van der Waals surface area contributed by atoms with Gasteiger partial charge in [-0.15, -0.1) is 0 Å². The Morgan fingerprint density at radius 2 is 1.85 bits per heavy atom. The third-order valence-corrected chi connectivity index (χ3v) is 3.64. The fourth-order valence-corrected chi connectivity index (χ4v) is 2.22. The summed E-state index contributed by atoms with van der Waals surface area (Å²) in [5.74, 6) is -1.51. The zero-order valence-corrected chi connectivity index (χ0v) is 14.8. The normalized spacial score (nSPS) is 10.4. The van der Waals surface area contributed by atoms with E-state index in [1.54, 1.807) is 38.4 Å². The van der Waals surface area contributed by atoms with Gasteiger partial charge in [0, 0.05) is 26.5 Å². The summed E-state index contributed by atoms with van der Waals surface area (Å²) in [4.78, 5) is 48.4. The molecule has 0 aliphatic heterocycles. The van der Waals surface area contributed by atoms with Crippen molar-refractivity contribution in [2.24, 2.45) is 7.05 Å². The number of esters is 1. The molecule has 9 nitrogen and oxygen atoms in total. The molecule has 1 N–H and O–H groups in total. The molecule has 2 aromatic rings. The number of aryl methyl sites for hydroxylation is 1. The van der Waals surface area contributed by atoms with Gasteiger partial charge in [0.25, 0.3) is 11.5 Å². The number of likely N-dealkylation sites (N-methyl/N-ethyl adjacent to an activating group) is 1. The van der Waals surface area contributed by atoms with Gasteiger partial charge in [-0.1, -0.05) is 18.2 Å². The lowest BCUT2D eigenvalue weighted by Gasteiger charge is -2.11. The van der Waals surface area contributed by atoms with Gasteiger partial charge in [-0.25, -0.2) is 4.68 Å². The Labute approximate surface area is 149 Å². The van der Waals surface area contributed by atoms with E-state index < -0.39 is 18.5 Å². The van der Waals surface area contributed by atoms with Crippen LogP contribution in [0.25, 0.3) is 10.8 Å². The molecule has 0 unspecified atom stereocenters. The van der Waals surface area contributed by atoms with Gasteiger partial charge < -0.3 is 15.0 Å². The van der Waals surface area contributed by atoms with E-state index in [1.165, 1.54) is 11.9 Å². The van der Waals surface area contributed by atoms with Gasteiger partial charge in [0.15, 0.2) is 6.61 Å². The Morgan fingerprint density at radius 3 is 2.50 bits per heavy atom. The first-order valence-corrected chi connectivity index (χ1v) is 7.87. The molecular formula is C17H20N4O5. The Kier molecular flexibility index (Phi) is 6.05. The van der Waals surface area contributed by atoms with Gasteiger partial charge in [0.1, 0.15) is 0 Å². The zero-order valence-electron chi connectivity index (χ0n) is 14.8. The van der Waals surface area contributed by atoms with E-state index in [0.717, 1.165) is 4.68 Å². The highest BCUT2D eigenvalue weighted by Gasteiger charge is 2.15. The van der Waals surface area contributed by atoms with Gasteiger partial charge in [-0.05, 0) is 6.07 Å². The lowest BCUT2D eigenvalue weighted by atomic mass is 10.1. The number of amides is 2. The predicted molar refractivity (Wildman–Crippen MR) is 93.4 cm³/mol. The van der Waals surface area contributed by atoms with Crippen LogP contribution in [0.2, 0.25) is 0 Å². The molecule has 26 heavy (non-hydrogen) atoms. The van der Waals surface area contributed by atoms with Crippen molar-refractivity contribution < 1.29 is 19.1 Å². The summed E-state index contributed by atoms with van der Waals surface area (Å²) in [6, 6.07) is 6.83. The number of aromatic nitrogens is 2. The third kappa shape index (κ3) is 4.65. The van der Waals surface area contributed by atoms with Crippen LogP contribution in [0.3, 0.4) is 0 Å². The van der Waals surface area contributed by atoms with Crippen LogP contribution in [-0.4, -0.2) is 59.7 Å². The van der Waals surface area contributed by atoms with Crippen LogP contribution in [-0.2, 0) is 32.6 Å². The smallest absolute Gasteiger partial charge is 0.312 e. The maximum Gasteiger partial charge on any atom is 0.312 e. The number of fused-ring (bicyclic) bond motifs is 1. The number of carbonyl (C=O) groups excluding carboxylic acids is 3. The minimum Gasteiger partial charge on any atom is -0.455 e. The zero-order chi connectivity index (χ0) is 19.3. The molecule has 0 aliphatic rings. The maximum absolute atomic E-state index is 12.1. The fraction of sp³-hybridized carbons (Fsp3) is 0.353. The summed E-state index contributed by atoms with van der Waals surface area (Å²) in [5, 5.41) is 7.48. The van der Waals surface area contributed by atoms with E-state index in [9.17, 15) is 19.2 Å². The molecule has 0 atom stereocenters. The molecule has 2 amide bonds. The third-order valence-electron chi connectivity index (χ3n) is 3.64. The van der Waals surface area contributed by atoms with E-state index in [-0.39, 0.29) is 24.4 Å². The van der Waals surface area contributed by atoms with Gasteiger partial charge in [-0.3, -0.25) is 19.2 Å². The number of carbonyl (C=O) groups is 3. The highest BCUT2D eigenvalue weighted by molar-refractivity contribution is 5.88. The van der Waals surface area contributed by atoms with Crippen LogP contribution in [0.15, 0.2) is 29.1 Å². The summed E-state index contributed by atoms with van der Waals surface area (Å²) in [7, 11) is 4.64. The van der Waals surface area contributed by atoms with Gasteiger partial charge >= 0.3 is 5.97 Å². The SMILES string of the molecule is CN(C)C(=O)CNC(=O)COC(=O)Cc1nn(C)c(=O)c2ccccc12. The quantitative estimate of drug-likeness (QED) is 0.677. The van der Waals surface area contributed by atoms with Crippen LogP contribution in [0.4, 0.5) is 0 Å².